The van der Waals surface area contributed by atoms with Gasteiger partial charge in [-0.25, -0.2) is 0 Å². The van der Waals surface area contributed by atoms with Gasteiger partial charge >= 0.3 is 0 Å². The molecule has 1 aromatic carbocycles. The summed E-state index contributed by atoms with van der Waals surface area (Å²) >= 11 is 6.21. The van der Waals surface area contributed by atoms with Crippen molar-refractivity contribution in [3.8, 4) is 5.75 Å². The molecule has 2 nitrogen and oxygen atoms in total. The lowest BCUT2D eigenvalue weighted by Crippen LogP contribution is -2.01. The van der Waals surface area contributed by atoms with Crippen LogP contribution in [0.1, 0.15) is 49.3 Å². The zero-order valence-electron chi connectivity index (χ0n) is 10.9. The van der Waals surface area contributed by atoms with E-state index in [1.165, 1.54) is 0 Å². The zero-order valence-corrected chi connectivity index (χ0v) is 11.6. The molecule has 0 aliphatic heterocycles. The van der Waals surface area contributed by atoms with Gasteiger partial charge in [-0.2, -0.15) is 0 Å². The number of phenols is 1. The van der Waals surface area contributed by atoms with E-state index in [1.807, 2.05) is 13.0 Å². The van der Waals surface area contributed by atoms with Crippen molar-refractivity contribution in [3.05, 3.63) is 27.8 Å². The Labute approximate surface area is 109 Å². The highest BCUT2D eigenvalue weighted by atomic mass is 35.5. The summed E-state index contributed by atoms with van der Waals surface area (Å²) in [5, 5.41) is 11.0. The topological polar surface area (TPSA) is 46.2 Å². The first-order chi connectivity index (χ1) is 7.99. The van der Waals surface area contributed by atoms with Crippen LogP contribution in [0.15, 0.2) is 6.07 Å². The number of phenolic OH excluding ortho intramolecular Hbond substituents is 1. The van der Waals surface area contributed by atoms with Crippen LogP contribution in [0.2, 0.25) is 5.02 Å². The average molecular weight is 256 g/mol. The van der Waals surface area contributed by atoms with Crippen LogP contribution in [0.3, 0.4) is 0 Å². The van der Waals surface area contributed by atoms with Gasteiger partial charge in [0, 0.05) is 5.02 Å². The first kappa shape index (κ1) is 14.3. The van der Waals surface area contributed by atoms with Crippen molar-refractivity contribution >= 4 is 11.6 Å². The van der Waals surface area contributed by atoms with E-state index >= 15 is 0 Å². The molecule has 0 amide bonds. The fraction of sp³-hybridized carbons (Fsp3) is 0.571. The van der Waals surface area contributed by atoms with Crippen LogP contribution in [-0.4, -0.2) is 11.7 Å². The van der Waals surface area contributed by atoms with Crippen molar-refractivity contribution in [1.82, 2.24) is 0 Å². The Morgan fingerprint density at radius 2 is 2.00 bits per heavy atom. The highest BCUT2D eigenvalue weighted by Gasteiger charge is 2.15. The molecule has 3 N–H and O–H groups in total. The van der Waals surface area contributed by atoms with E-state index in [2.05, 4.69) is 13.8 Å². The molecule has 17 heavy (non-hydrogen) atoms. The summed E-state index contributed by atoms with van der Waals surface area (Å²) in [6.07, 6.45) is 2.81. The second-order valence-electron chi connectivity index (χ2n) is 4.80. The van der Waals surface area contributed by atoms with Crippen molar-refractivity contribution in [1.29, 1.82) is 0 Å². The van der Waals surface area contributed by atoms with Gasteiger partial charge < -0.3 is 10.8 Å². The summed E-state index contributed by atoms with van der Waals surface area (Å²) in [7, 11) is 0. The van der Waals surface area contributed by atoms with Crippen LogP contribution in [-0.2, 0) is 6.42 Å². The molecule has 96 valence electrons. The molecule has 0 aliphatic rings. The lowest BCUT2D eigenvalue weighted by atomic mass is 9.93. The standard InChI is InChI=1S/C14H22ClNO/c1-9(2)12-8-13(15)10(3)11(14(12)17)6-4-5-7-16/h8-9,17H,4-7,16H2,1-3H3. The van der Waals surface area contributed by atoms with Crippen LogP contribution in [0.5, 0.6) is 5.75 Å². The third-order valence-electron chi connectivity index (χ3n) is 3.16. The maximum Gasteiger partial charge on any atom is 0.122 e. The van der Waals surface area contributed by atoms with Crippen LogP contribution in [0.4, 0.5) is 0 Å². The third-order valence-corrected chi connectivity index (χ3v) is 3.55. The minimum Gasteiger partial charge on any atom is -0.507 e. The Balaban J connectivity index is 3.08. The number of aromatic hydroxyl groups is 1. The molecule has 0 aromatic heterocycles. The number of benzene rings is 1. The molecule has 0 saturated heterocycles. The van der Waals surface area contributed by atoms with E-state index in [-0.39, 0.29) is 5.92 Å². The maximum absolute atomic E-state index is 10.3. The molecule has 1 aromatic rings. The van der Waals surface area contributed by atoms with Crippen molar-refractivity contribution < 1.29 is 5.11 Å². The lowest BCUT2D eigenvalue weighted by Gasteiger charge is -2.16. The van der Waals surface area contributed by atoms with Crippen LogP contribution < -0.4 is 5.73 Å². The van der Waals surface area contributed by atoms with Crippen LogP contribution in [0.25, 0.3) is 0 Å². The SMILES string of the molecule is Cc1c(Cl)cc(C(C)C)c(O)c1CCCCN. The van der Waals surface area contributed by atoms with Gasteiger partial charge in [-0.05, 0) is 61.4 Å². The van der Waals surface area contributed by atoms with Gasteiger partial charge in [0.2, 0.25) is 0 Å². The lowest BCUT2D eigenvalue weighted by molar-refractivity contribution is 0.455. The van der Waals surface area contributed by atoms with E-state index in [1.54, 1.807) is 0 Å². The van der Waals surface area contributed by atoms with E-state index in [4.69, 9.17) is 17.3 Å². The van der Waals surface area contributed by atoms with Crippen LogP contribution in [0, 0.1) is 6.92 Å². The van der Waals surface area contributed by atoms with Gasteiger partial charge in [0.25, 0.3) is 0 Å². The molecule has 0 spiro atoms. The van der Waals surface area contributed by atoms with Crippen LogP contribution >= 0.6 is 11.6 Å². The van der Waals surface area contributed by atoms with Gasteiger partial charge in [-0.1, -0.05) is 25.4 Å². The van der Waals surface area contributed by atoms with Gasteiger partial charge in [0.1, 0.15) is 5.75 Å². The Morgan fingerprint density at radius 3 is 2.53 bits per heavy atom. The first-order valence-electron chi connectivity index (χ1n) is 6.20. The largest absolute Gasteiger partial charge is 0.507 e. The second kappa shape index (κ2) is 6.27. The van der Waals surface area contributed by atoms with E-state index < -0.39 is 0 Å². The number of hydrogen-bond acceptors (Lipinski definition) is 2. The van der Waals surface area contributed by atoms with Gasteiger partial charge in [0.15, 0.2) is 0 Å². The minimum absolute atomic E-state index is 0.279. The molecule has 1 rings (SSSR count). The summed E-state index contributed by atoms with van der Waals surface area (Å²) in [6.45, 7) is 6.77. The maximum atomic E-state index is 10.3. The van der Waals surface area contributed by atoms with E-state index in [0.717, 1.165) is 41.0 Å². The number of halogens is 1. The van der Waals surface area contributed by atoms with Crippen molar-refractivity contribution in [2.24, 2.45) is 5.73 Å². The molecule has 3 heteroatoms. The minimum atomic E-state index is 0.279. The molecule has 0 atom stereocenters. The Bertz CT molecular complexity index is 388. The fourth-order valence-electron chi connectivity index (χ4n) is 2.00. The highest BCUT2D eigenvalue weighted by Crippen LogP contribution is 2.36. The van der Waals surface area contributed by atoms with Gasteiger partial charge in [-0.3, -0.25) is 0 Å². The summed E-state index contributed by atoms with van der Waals surface area (Å²) in [4.78, 5) is 0. The molecule has 0 radical (unpaired) electrons. The monoisotopic (exact) mass is 255 g/mol. The molecular formula is C14H22ClNO. The summed E-state index contributed by atoms with van der Waals surface area (Å²) in [6, 6.07) is 1.88. The zero-order chi connectivity index (χ0) is 13.0. The van der Waals surface area contributed by atoms with Crippen molar-refractivity contribution in [3.63, 3.8) is 0 Å². The summed E-state index contributed by atoms with van der Waals surface area (Å²) < 4.78 is 0. The smallest absolute Gasteiger partial charge is 0.122 e. The summed E-state index contributed by atoms with van der Waals surface area (Å²) in [5.74, 6) is 0.695. The van der Waals surface area contributed by atoms with E-state index in [0.29, 0.717) is 12.3 Å². The first-order valence-corrected chi connectivity index (χ1v) is 6.57. The Kier molecular flexibility index (Phi) is 5.29. The fourth-order valence-corrected chi connectivity index (χ4v) is 2.23. The highest BCUT2D eigenvalue weighted by molar-refractivity contribution is 6.31. The number of hydrogen-bond donors (Lipinski definition) is 2. The van der Waals surface area contributed by atoms with Gasteiger partial charge in [0.05, 0.1) is 0 Å². The Morgan fingerprint density at radius 1 is 1.35 bits per heavy atom. The molecule has 0 fully saturated rings. The second-order valence-corrected chi connectivity index (χ2v) is 5.21. The molecular weight excluding hydrogens is 234 g/mol. The molecule has 0 bridgehead atoms. The Hall–Kier alpha value is -0.730. The number of unbranched alkanes of at least 4 members (excludes halogenated alkanes) is 1. The predicted octanol–water partition coefficient (Wildman–Crippen LogP) is 3.76. The number of nitrogens with two attached hydrogens (primary N) is 1. The average Bonchev–Trinajstić information content (AvgIpc) is 2.28. The molecule has 0 saturated carbocycles. The molecule has 0 unspecified atom stereocenters. The van der Waals surface area contributed by atoms with Gasteiger partial charge in [-0.15, -0.1) is 0 Å². The van der Waals surface area contributed by atoms with E-state index in [9.17, 15) is 5.11 Å². The molecule has 0 aliphatic carbocycles. The third kappa shape index (κ3) is 3.36. The quantitative estimate of drug-likeness (QED) is 0.787. The normalized spacial score (nSPS) is 11.2. The van der Waals surface area contributed by atoms with Crippen molar-refractivity contribution in [2.75, 3.05) is 6.54 Å². The summed E-state index contributed by atoms with van der Waals surface area (Å²) in [5.41, 5.74) is 8.39. The predicted molar refractivity (Wildman–Crippen MR) is 73.9 cm³/mol. The number of rotatable bonds is 5. The van der Waals surface area contributed by atoms with Crippen molar-refractivity contribution in [2.45, 2.75) is 46.0 Å². The molecule has 0 heterocycles.